The van der Waals surface area contributed by atoms with Crippen molar-refractivity contribution < 1.29 is 0 Å². The van der Waals surface area contributed by atoms with Gasteiger partial charge >= 0.3 is 0 Å². The Balaban J connectivity index is 1.10. The Labute approximate surface area is 293 Å². The summed E-state index contributed by atoms with van der Waals surface area (Å²) >= 11 is 0. The van der Waals surface area contributed by atoms with Gasteiger partial charge in [0.15, 0.2) is 0 Å². The van der Waals surface area contributed by atoms with Crippen molar-refractivity contribution in [2.24, 2.45) is 5.92 Å². The maximum Gasteiger partial charge on any atom is 0.0992 e. The molecule has 0 saturated carbocycles. The van der Waals surface area contributed by atoms with Crippen LogP contribution in [0.25, 0.3) is 44.9 Å². The molecule has 9 rings (SSSR count). The van der Waals surface area contributed by atoms with Gasteiger partial charge in [0.25, 0.3) is 0 Å². The highest BCUT2D eigenvalue weighted by Crippen LogP contribution is 2.55. The molecular weight excluding hydrogens is 609 g/mol. The van der Waals surface area contributed by atoms with Crippen molar-refractivity contribution >= 4 is 28.4 Å². The molecule has 0 radical (unpaired) electrons. The number of fused-ring (bicyclic) bond motifs is 6. The second-order valence-electron chi connectivity index (χ2n) is 14.0. The number of nitrogens with zero attached hydrogens (tertiary/aromatic N) is 4. The number of hydrogen-bond acceptors (Lipinski definition) is 3. The zero-order valence-electron chi connectivity index (χ0n) is 28.1. The number of allylic oxidation sites excluding steroid dienone is 2. The second-order valence-corrected chi connectivity index (χ2v) is 14.0. The molecule has 0 N–H and O–H groups in total. The predicted octanol–water partition coefficient (Wildman–Crippen LogP) is 11.1. The Morgan fingerprint density at radius 3 is 2.28 bits per heavy atom. The molecule has 50 heavy (non-hydrogen) atoms. The van der Waals surface area contributed by atoms with Crippen LogP contribution in [-0.2, 0) is 11.8 Å². The number of nitriles is 2. The van der Waals surface area contributed by atoms with Crippen LogP contribution < -0.4 is 4.90 Å². The van der Waals surface area contributed by atoms with E-state index in [0.29, 0.717) is 5.56 Å². The number of benzene rings is 5. The van der Waals surface area contributed by atoms with Gasteiger partial charge in [0.2, 0.25) is 0 Å². The summed E-state index contributed by atoms with van der Waals surface area (Å²) in [6.45, 7) is 2.26. The van der Waals surface area contributed by atoms with Crippen LogP contribution in [0.5, 0.6) is 0 Å². The van der Waals surface area contributed by atoms with Gasteiger partial charge in [0.1, 0.15) is 0 Å². The number of anilines is 2. The molecule has 0 bridgehead atoms. The van der Waals surface area contributed by atoms with Crippen LogP contribution in [0.3, 0.4) is 0 Å². The van der Waals surface area contributed by atoms with Crippen molar-refractivity contribution in [2.75, 3.05) is 4.90 Å². The van der Waals surface area contributed by atoms with Crippen LogP contribution >= 0.6 is 0 Å². The SMILES string of the molecule is CC12C=CCCC(C#N)C1N(c1cc(C#N)ccc1-c1ccc(-c3ccc(-n4c5c(c6ccccc64)C=CCC5)cc3)cc1)c1ccccc12. The molecule has 0 amide bonds. The van der Waals surface area contributed by atoms with Gasteiger partial charge in [-0.2, -0.15) is 10.5 Å². The molecular formula is C46H36N4. The van der Waals surface area contributed by atoms with Gasteiger partial charge in [-0.1, -0.05) is 103 Å². The lowest BCUT2D eigenvalue weighted by molar-refractivity contribution is 0.393. The molecule has 4 heteroatoms. The lowest BCUT2D eigenvalue weighted by atomic mass is 9.74. The number of aromatic nitrogens is 1. The third-order valence-corrected chi connectivity index (χ3v) is 11.2. The van der Waals surface area contributed by atoms with Gasteiger partial charge in [-0.05, 0) is 91.3 Å². The Bertz CT molecular complexity index is 2430. The Hall–Kier alpha value is -6.10. The van der Waals surface area contributed by atoms with Crippen molar-refractivity contribution in [3.63, 3.8) is 0 Å². The van der Waals surface area contributed by atoms with Gasteiger partial charge in [-0.15, -0.1) is 0 Å². The van der Waals surface area contributed by atoms with Crippen LogP contribution in [0.4, 0.5) is 11.4 Å². The highest BCUT2D eigenvalue weighted by molar-refractivity contribution is 5.93. The summed E-state index contributed by atoms with van der Waals surface area (Å²) in [5.41, 5.74) is 13.2. The van der Waals surface area contributed by atoms with Crippen molar-refractivity contribution in [1.82, 2.24) is 4.57 Å². The van der Waals surface area contributed by atoms with E-state index in [9.17, 15) is 10.5 Å². The quantitative estimate of drug-likeness (QED) is 0.179. The molecule has 2 heterocycles. The molecule has 3 unspecified atom stereocenters. The molecule has 0 fully saturated rings. The molecule has 1 aliphatic heterocycles. The minimum absolute atomic E-state index is 0.0897. The monoisotopic (exact) mass is 644 g/mol. The number of rotatable bonds is 4. The average molecular weight is 645 g/mol. The molecule has 3 aliphatic rings. The maximum absolute atomic E-state index is 10.5. The van der Waals surface area contributed by atoms with Crippen molar-refractivity contribution in [3.05, 3.63) is 156 Å². The lowest BCUT2D eigenvalue weighted by Crippen LogP contribution is -2.44. The van der Waals surface area contributed by atoms with E-state index in [0.717, 1.165) is 59.3 Å². The summed E-state index contributed by atoms with van der Waals surface area (Å²) < 4.78 is 2.43. The molecule has 5 aromatic carbocycles. The zero-order chi connectivity index (χ0) is 33.8. The topological polar surface area (TPSA) is 55.8 Å². The summed E-state index contributed by atoms with van der Waals surface area (Å²) in [5.74, 6) is -0.169. The van der Waals surface area contributed by atoms with Crippen molar-refractivity contribution in [2.45, 2.75) is 44.1 Å². The van der Waals surface area contributed by atoms with Crippen molar-refractivity contribution in [3.8, 4) is 40.1 Å². The molecule has 2 aliphatic carbocycles. The van der Waals surface area contributed by atoms with Crippen LogP contribution in [0, 0.1) is 28.6 Å². The minimum Gasteiger partial charge on any atom is -0.335 e. The Morgan fingerprint density at radius 1 is 0.740 bits per heavy atom. The third kappa shape index (κ3) is 4.57. The zero-order valence-corrected chi connectivity index (χ0v) is 28.1. The van der Waals surface area contributed by atoms with E-state index in [1.807, 2.05) is 12.1 Å². The summed E-state index contributed by atoms with van der Waals surface area (Å²) in [6.07, 6.45) is 12.9. The van der Waals surface area contributed by atoms with E-state index in [2.05, 4.69) is 156 Å². The molecule has 6 aromatic rings. The average Bonchev–Trinajstić information content (AvgIpc) is 3.57. The van der Waals surface area contributed by atoms with Gasteiger partial charge in [-0.25, -0.2) is 0 Å². The number of para-hydroxylation sites is 2. The first-order chi connectivity index (χ1) is 24.6. The van der Waals surface area contributed by atoms with E-state index in [4.69, 9.17) is 0 Å². The van der Waals surface area contributed by atoms with Gasteiger partial charge < -0.3 is 9.47 Å². The third-order valence-electron chi connectivity index (χ3n) is 11.2. The van der Waals surface area contributed by atoms with Crippen molar-refractivity contribution in [1.29, 1.82) is 10.5 Å². The first-order valence-electron chi connectivity index (χ1n) is 17.6. The molecule has 3 atom stereocenters. The standard InChI is InChI=1S/C46H36N4/c1-46-27-9-8-10-35(30-48)45(46)50(43-16-7-4-13-40(43)46)44-28-31(29-47)17-26-37(44)34-20-18-32(19-21-34)33-22-24-36(25-23-33)49-41-14-5-2-11-38(41)39-12-3-6-15-42(39)49/h2-5,7,9,11-14,16-28,35,45H,6,8,10,15H2,1H3. The molecule has 240 valence electrons. The highest BCUT2D eigenvalue weighted by Gasteiger charge is 2.51. The minimum atomic E-state index is -0.327. The first kappa shape index (κ1) is 30.0. The van der Waals surface area contributed by atoms with E-state index in [1.165, 1.54) is 33.4 Å². The largest absolute Gasteiger partial charge is 0.335 e. The van der Waals surface area contributed by atoms with Crippen LogP contribution in [0.1, 0.15) is 48.6 Å². The van der Waals surface area contributed by atoms with Gasteiger partial charge in [-0.3, -0.25) is 0 Å². The van der Waals surface area contributed by atoms with E-state index in [1.54, 1.807) is 0 Å². The fourth-order valence-corrected chi connectivity index (χ4v) is 8.84. The Morgan fingerprint density at radius 2 is 1.48 bits per heavy atom. The summed E-state index contributed by atoms with van der Waals surface area (Å²) in [5, 5.41) is 21.8. The summed E-state index contributed by atoms with van der Waals surface area (Å²) in [4.78, 5) is 2.36. The normalized spacial score (nSPS) is 20.4. The molecule has 1 aromatic heterocycles. The van der Waals surface area contributed by atoms with Gasteiger partial charge in [0.05, 0.1) is 40.9 Å². The fourth-order valence-electron chi connectivity index (χ4n) is 8.84. The first-order valence-corrected chi connectivity index (χ1v) is 17.6. The fraction of sp³-hybridized carbons (Fsp3) is 0.174. The molecule has 4 nitrogen and oxygen atoms in total. The lowest BCUT2D eigenvalue weighted by Gasteiger charge is -2.38. The number of hydrogen-bond donors (Lipinski definition) is 0. The summed E-state index contributed by atoms with van der Waals surface area (Å²) in [7, 11) is 0. The summed E-state index contributed by atoms with van der Waals surface area (Å²) in [6, 6.07) is 45.8. The van der Waals surface area contributed by atoms with E-state index in [-0.39, 0.29) is 17.4 Å². The Kier molecular flexibility index (Phi) is 7.08. The van der Waals surface area contributed by atoms with Crippen LogP contribution in [0.2, 0.25) is 0 Å². The smallest absolute Gasteiger partial charge is 0.0992 e. The molecule has 0 saturated heterocycles. The van der Waals surface area contributed by atoms with Crippen LogP contribution in [-0.4, -0.2) is 10.6 Å². The molecule has 0 spiro atoms. The maximum atomic E-state index is 10.5. The van der Waals surface area contributed by atoms with Crippen LogP contribution in [0.15, 0.2) is 133 Å². The van der Waals surface area contributed by atoms with E-state index >= 15 is 0 Å². The highest BCUT2D eigenvalue weighted by atomic mass is 15.2. The second kappa shape index (κ2) is 11.8. The predicted molar refractivity (Wildman–Crippen MR) is 203 cm³/mol. The van der Waals surface area contributed by atoms with E-state index < -0.39 is 0 Å². The van der Waals surface area contributed by atoms with Gasteiger partial charge in [0, 0.05) is 39.0 Å².